The number of alkyl halides is 3. The van der Waals surface area contributed by atoms with Crippen molar-refractivity contribution in [3.8, 4) is 0 Å². The lowest BCUT2D eigenvalue weighted by Crippen LogP contribution is -3.07. The van der Waals surface area contributed by atoms with Crippen LogP contribution >= 0.6 is 11.6 Å². The van der Waals surface area contributed by atoms with Crippen molar-refractivity contribution in [2.75, 3.05) is 20.6 Å². The van der Waals surface area contributed by atoms with Crippen LogP contribution in [0.2, 0.25) is 5.02 Å². The summed E-state index contributed by atoms with van der Waals surface area (Å²) in [5.74, 6) is -0.331. The van der Waals surface area contributed by atoms with Crippen molar-refractivity contribution < 1.29 is 22.9 Å². The summed E-state index contributed by atoms with van der Waals surface area (Å²) in [4.78, 5) is 13.3. The quantitative estimate of drug-likeness (QED) is 0.787. The van der Waals surface area contributed by atoms with E-state index in [1.807, 2.05) is 32.3 Å². The lowest BCUT2D eigenvalue weighted by atomic mass is 10.1. The molecule has 0 aromatic heterocycles. The van der Waals surface area contributed by atoms with Crippen LogP contribution in [0.25, 0.3) is 0 Å². The third-order valence-corrected chi connectivity index (χ3v) is 4.44. The van der Waals surface area contributed by atoms with Crippen LogP contribution in [0.5, 0.6) is 0 Å². The Hall–Kier alpha value is -2.05. The molecule has 0 aliphatic rings. The van der Waals surface area contributed by atoms with Crippen LogP contribution in [0, 0.1) is 0 Å². The second-order valence-corrected chi connectivity index (χ2v) is 6.74. The van der Waals surface area contributed by atoms with E-state index in [-0.39, 0.29) is 18.4 Å². The molecule has 2 aromatic rings. The van der Waals surface area contributed by atoms with Gasteiger partial charge in [0.2, 0.25) is 5.91 Å². The number of hydrogen-bond acceptors (Lipinski definition) is 1. The highest BCUT2D eigenvalue weighted by atomic mass is 35.5. The fourth-order valence-electron chi connectivity index (χ4n) is 2.70. The number of likely N-dealkylation sites (N-methyl/N-ethyl adjacent to an activating group) is 1. The van der Waals surface area contributed by atoms with E-state index in [4.69, 9.17) is 11.6 Å². The molecular weight excluding hydrogens is 365 g/mol. The summed E-state index contributed by atoms with van der Waals surface area (Å²) < 4.78 is 38.3. The van der Waals surface area contributed by atoms with E-state index in [2.05, 4.69) is 5.32 Å². The zero-order valence-corrected chi connectivity index (χ0v) is 15.3. The molecule has 0 radical (unpaired) electrons. The van der Waals surface area contributed by atoms with Gasteiger partial charge >= 0.3 is 6.18 Å². The summed E-state index contributed by atoms with van der Waals surface area (Å²) >= 11 is 6.24. The van der Waals surface area contributed by atoms with Crippen LogP contribution < -0.4 is 10.2 Å². The van der Waals surface area contributed by atoms with Gasteiger partial charge in [0.25, 0.3) is 0 Å². The summed E-state index contributed by atoms with van der Waals surface area (Å²) in [6.07, 6.45) is -4.53. The maximum Gasteiger partial charge on any atom is 0.416 e. The summed E-state index contributed by atoms with van der Waals surface area (Å²) in [6.45, 7) is 0.337. The Kier molecular flexibility index (Phi) is 6.67. The molecule has 0 fully saturated rings. The van der Waals surface area contributed by atoms with Crippen molar-refractivity contribution in [2.24, 2.45) is 0 Å². The van der Waals surface area contributed by atoms with Crippen molar-refractivity contribution >= 4 is 17.5 Å². The molecule has 0 saturated heterocycles. The summed E-state index contributed by atoms with van der Waals surface area (Å²) in [7, 11) is 3.90. The van der Waals surface area contributed by atoms with Gasteiger partial charge in [0, 0.05) is 10.6 Å². The first-order valence-corrected chi connectivity index (χ1v) is 8.53. The fraction of sp³-hybridized carbons (Fsp3) is 0.316. The van der Waals surface area contributed by atoms with Gasteiger partial charge in [-0.25, -0.2) is 0 Å². The molecular formula is C19H21ClF3N2O+. The number of carbonyl (C=O) groups is 1. The van der Waals surface area contributed by atoms with E-state index >= 15 is 0 Å². The molecule has 1 amide bonds. The molecule has 0 aliphatic carbocycles. The minimum Gasteiger partial charge on any atom is -0.349 e. The number of benzene rings is 2. The Labute approximate surface area is 155 Å². The zero-order chi connectivity index (χ0) is 19.3. The number of quaternary nitrogens is 1. The maximum atomic E-state index is 12.8. The molecule has 0 aliphatic heterocycles. The van der Waals surface area contributed by atoms with Crippen molar-refractivity contribution in [3.63, 3.8) is 0 Å². The van der Waals surface area contributed by atoms with E-state index < -0.39 is 11.7 Å². The van der Waals surface area contributed by atoms with Crippen LogP contribution in [0.15, 0.2) is 48.5 Å². The number of nitrogens with one attached hydrogen (secondary N) is 2. The van der Waals surface area contributed by atoms with Crippen molar-refractivity contribution in [1.82, 2.24) is 5.32 Å². The van der Waals surface area contributed by atoms with E-state index in [1.54, 1.807) is 6.07 Å². The van der Waals surface area contributed by atoms with Crippen molar-refractivity contribution in [3.05, 3.63) is 70.2 Å². The highest BCUT2D eigenvalue weighted by molar-refractivity contribution is 6.31. The first-order valence-electron chi connectivity index (χ1n) is 8.16. The zero-order valence-electron chi connectivity index (χ0n) is 14.5. The predicted octanol–water partition coefficient (Wildman–Crippen LogP) is 2.90. The second kappa shape index (κ2) is 8.56. The highest BCUT2D eigenvalue weighted by Gasteiger charge is 2.30. The fourth-order valence-corrected chi connectivity index (χ4v) is 2.97. The number of rotatable bonds is 6. The number of halogens is 4. The largest absolute Gasteiger partial charge is 0.416 e. The van der Waals surface area contributed by atoms with Gasteiger partial charge in [-0.05, 0) is 17.7 Å². The molecule has 140 valence electrons. The molecule has 0 heterocycles. The molecule has 0 unspecified atom stereocenters. The van der Waals surface area contributed by atoms with E-state index in [0.717, 1.165) is 22.6 Å². The Morgan fingerprint density at radius 2 is 1.85 bits per heavy atom. The van der Waals surface area contributed by atoms with Crippen LogP contribution in [0.3, 0.4) is 0 Å². The molecule has 7 heteroatoms. The first-order chi connectivity index (χ1) is 12.2. The van der Waals surface area contributed by atoms with Crippen LogP contribution in [-0.4, -0.2) is 26.5 Å². The third kappa shape index (κ3) is 5.47. The average Bonchev–Trinajstić information content (AvgIpc) is 2.56. The Morgan fingerprint density at radius 1 is 1.15 bits per heavy atom. The van der Waals surface area contributed by atoms with Gasteiger partial charge < -0.3 is 10.2 Å². The molecule has 3 nitrogen and oxygen atoms in total. The van der Waals surface area contributed by atoms with Gasteiger partial charge in [0.1, 0.15) is 6.04 Å². The first kappa shape index (κ1) is 20.3. The Morgan fingerprint density at radius 3 is 2.46 bits per heavy atom. The Balaban J connectivity index is 2.02. The Bertz CT molecular complexity index is 762. The lowest BCUT2D eigenvalue weighted by Gasteiger charge is -2.23. The van der Waals surface area contributed by atoms with Gasteiger partial charge in [-0.3, -0.25) is 4.79 Å². The number of carbonyl (C=O) groups excluding carboxylic acids is 1. The summed E-state index contributed by atoms with van der Waals surface area (Å²) in [6, 6.07) is 12.2. The van der Waals surface area contributed by atoms with E-state index in [0.29, 0.717) is 17.1 Å². The monoisotopic (exact) mass is 385 g/mol. The second-order valence-electron chi connectivity index (χ2n) is 6.33. The molecule has 26 heavy (non-hydrogen) atoms. The molecule has 2 aromatic carbocycles. The topological polar surface area (TPSA) is 33.5 Å². The minimum atomic E-state index is -4.42. The minimum absolute atomic E-state index is 0.0610. The van der Waals surface area contributed by atoms with Crippen molar-refractivity contribution in [2.45, 2.75) is 18.6 Å². The van der Waals surface area contributed by atoms with Gasteiger partial charge in [-0.15, -0.1) is 0 Å². The van der Waals surface area contributed by atoms with Gasteiger partial charge in [-0.1, -0.05) is 48.0 Å². The molecule has 0 spiro atoms. The molecule has 1 atom stereocenters. The number of amides is 1. The molecule has 2 N–H and O–H groups in total. The average molecular weight is 386 g/mol. The molecule has 0 bridgehead atoms. The third-order valence-electron chi connectivity index (χ3n) is 4.10. The van der Waals surface area contributed by atoms with Gasteiger partial charge in [-0.2, -0.15) is 13.2 Å². The smallest absolute Gasteiger partial charge is 0.349 e. The van der Waals surface area contributed by atoms with Crippen LogP contribution in [-0.2, 0) is 17.4 Å². The van der Waals surface area contributed by atoms with Gasteiger partial charge in [0.15, 0.2) is 0 Å². The molecule has 0 saturated carbocycles. The highest BCUT2D eigenvalue weighted by Crippen LogP contribution is 2.29. The summed E-state index contributed by atoms with van der Waals surface area (Å²) in [5.41, 5.74) is 0.479. The normalized spacial score (nSPS) is 12.9. The van der Waals surface area contributed by atoms with Crippen molar-refractivity contribution in [1.29, 1.82) is 0 Å². The van der Waals surface area contributed by atoms with Crippen LogP contribution in [0.4, 0.5) is 13.2 Å². The SMILES string of the molecule is C[NH+](C)[C@@H](CNC(=O)Cc1cccc(C(F)(F)F)c1)c1ccccc1Cl. The van der Waals surface area contributed by atoms with E-state index in [1.165, 1.54) is 12.1 Å². The van der Waals surface area contributed by atoms with Gasteiger partial charge in [0.05, 0.1) is 32.6 Å². The van der Waals surface area contributed by atoms with E-state index in [9.17, 15) is 18.0 Å². The summed E-state index contributed by atoms with van der Waals surface area (Å²) in [5, 5.41) is 3.41. The predicted molar refractivity (Wildman–Crippen MR) is 95.2 cm³/mol. The maximum absolute atomic E-state index is 12.8. The van der Waals surface area contributed by atoms with Crippen LogP contribution in [0.1, 0.15) is 22.7 Å². The number of hydrogen-bond donors (Lipinski definition) is 2. The lowest BCUT2D eigenvalue weighted by molar-refractivity contribution is -0.890. The standard InChI is InChI=1S/C19H20ClF3N2O/c1-25(2)17(15-8-3-4-9-16(15)20)12-24-18(26)11-13-6-5-7-14(10-13)19(21,22)23/h3-10,17H,11-12H2,1-2H3,(H,24,26)/p+1/t17-/m0/s1. The molecule has 2 rings (SSSR count).